The Bertz CT molecular complexity index is 230. The standard InChI is InChI=1S/C5H7N3O2S/c1-7-3(6-10)4(9)8(2)5(7)11/h3H,1-2H3. The number of hydrogen-bond donors (Lipinski definition) is 0. The minimum absolute atomic E-state index is 0.333. The Morgan fingerprint density at radius 1 is 1.55 bits per heavy atom. The van der Waals surface area contributed by atoms with Gasteiger partial charge in [0.1, 0.15) is 0 Å². The molecule has 1 unspecified atom stereocenters. The first-order chi connectivity index (χ1) is 5.09. The third-order valence-electron chi connectivity index (χ3n) is 1.61. The van der Waals surface area contributed by atoms with E-state index in [2.05, 4.69) is 5.18 Å². The van der Waals surface area contributed by atoms with Gasteiger partial charge < -0.3 is 4.90 Å². The lowest BCUT2D eigenvalue weighted by molar-refractivity contribution is -0.126. The van der Waals surface area contributed by atoms with Crippen molar-refractivity contribution in [2.45, 2.75) is 6.17 Å². The zero-order valence-corrected chi connectivity index (χ0v) is 6.96. The summed E-state index contributed by atoms with van der Waals surface area (Å²) in [7, 11) is 3.09. The van der Waals surface area contributed by atoms with E-state index in [4.69, 9.17) is 12.2 Å². The van der Waals surface area contributed by atoms with Crippen molar-refractivity contribution in [3.8, 4) is 0 Å². The van der Waals surface area contributed by atoms with E-state index in [1.54, 1.807) is 7.05 Å². The highest BCUT2D eigenvalue weighted by molar-refractivity contribution is 7.80. The van der Waals surface area contributed by atoms with E-state index in [0.717, 1.165) is 0 Å². The van der Waals surface area contributed by atoms with Gasteiger partial charge in [0.25, 0.3) is 5.91 Å². The van der Waals surface area contributed by atoms with Crippen LogP contribution >= 0.6 is 12.2 Å². The summed E-state index contributed by atoms with van der Waals surface area (Å²) in [4.78, 5) is 23.8. The fourth-order valence-electron chi connectivity index (χ4n) is 0.890. The zero-order valence-electron chi connectivity index (χ0n) is 6.14. The molecule has 0 aliphatic carbocycles. The number of nitroso groups, excluding NO2 is 1. The fraction of sp³-hybridized carbons (Fsp3) is 0.600. The van der Waals surface area contributed by atoms with Crippen molar-refractivity contribution in [3.05, 3.63) is 4.91 Å². The second-order valence-corrected chi connectivity index (χ2v) is 2.63. The molecule has 60 valence electrons. The van der Waals surface area contributed by atoms with Crippen molar-refractivity contribution in [1.29, 1.82) is 0 Å². The molecule has 0 N–H and O–H groups in total. The summed E-state index contributed by atoms with van der Waals surface area (Å²) < 4.78 is 0. The molecule has 0 saturated carbocycles. The lowest BCUT2D eigenvalue weighted by Gasteiger charge is -2.11. The monoisotopic (exact) mass is 173 g/mol. The first kappa shape index (κ1) is 8.06. The number of carbonyl (C=O) groups is 1. The highest BCUT2D eigenvalue weighted by atomic mass is 32.1. The quantitative estimate of drug-likeness (QED) is 0.406. The third kappa shape index (κ3) is 0.988. The molecule has 1 rings (SSSR count). The van der Waals surface area contributed by atoms with Crippen molar-refractivity contribution in [2.75, 3.05) is 14.1 Å². The Hall–Kier alpha value is -1.04. The lowest BCUT2D eigenvalue weighted by Crippen LogP contribution is -2.28. The number of nitrogens with zero attached hydrogens (tertiary/aromatic N) is 3. The number of thiocarbonyl (C=S) groups is 1. The fourth-order valence-corrected chi connectivity index (χ4v) is 1.08. The van der Waals surface area contributed by atoms with E-state index in [-0.39, 0.29) is 5.91 Å². The molecule has 0 spiro atoms. The van der Waals surface area contributed by atoms with Crippen LogP contribution in [0.1, 0.15) is 0 Å². The van der Waals surface area contributed by atoms with Gasteiger partial charge in [0.2, 0.25) is 6.17 Å². The van der Waals surface area contributed by atoms with Gasteiger partial charge in [-0.3, -0.25) is 9.69 Å². The maximum Gasteiger partial charge on any atom is 0.277 e. The van der Waals surface area contributed by atoms with E-state index >= 15 is 0 Å². The van der Waals surface area contributed by atoms with Crippen molar-refractivity contribution < 1.29 is 4.79 Å². The van der Waals surface area contributed by atoms with E-state index in [1.165, 1.54) is 16.8 Å². The predicted octanol–water partition coefficient (Wildman–Crippen LogP) is -0.232. The molecule has 1 atom stereocenters. The molecule has 11 heavy (non-hydrogen) atoms. The summed E-state index contributed by atoms with van der Waals surface area (Å²) in [5.74, 6) is -0.368. The van der Waals surface area contributed by atoms with Crippen molar-refractivity contribution in [3.63, 3.8) is 0 Å². The lowest BCUT2D eigenvalue weighted by atomic mass is 10.5. The Morgan fingerprint density at radius 2 is 2.09 bits per heavy atom. The van der Waals surface area contributed by atoms with Gasteiger partial charge in [-0.05, 0) is 17.4 Å². The van der Waals surface area contributed by atoms with Gasteiger partial charge in [0.05, 0.1) is 0 Å². The van der Waals surface area contributed by atoms with Gasteiger partial charge in [0, 0.05) is 14.1 Å². The number of hydrogen-bond acceptors (Lipinski definition) is 4. The maximum atomic E-state index is 11.1. The summed E-state index contributed by atoms with van der Waals surface area (Å²) in [6.45, 7) is 0. The summed E-state index contributed by atoms with van der Waals surface area (Å²) in [6.07, 6.45) is -0.965. The molecule has 1 heterocycles. The van der Waals surface area contributed by atoms with E-state index in [1.807, 2.05) is 0 Å². The minimum Gasteiger partial charge on any atom is -0.319 e. The van der Waals surface area contributed by atoms with Crippen LogP contribution in [0.5, 0.6) is 0 Å². The molecule has 0 aromatic heterocycles. The van der Waals surface area contributed by atoms with Crippen LogP contribution in [0.4, 0.5) is 0 Å². The molecule has 0 radical (unpaired) electrons. The molecule has 1 fully saturated rings. The Balaban J connectivity index is 2.94. The molecule has 1 aliphatic heterocycles. The van der Waals surface area contributed by atoms with Gasteiger partial charge in [0.15, 0.2) is 5.11 Å². The Morgan fingerprint density at radius 3 is 2.27 bits per heavy atom. The first-order valence-electron chi connectivity index (χ1n) is 2.96. The van der Waals surface area contributed by atoms with Crippen molar-refractivity contribution in [2.24, 2.45) is 5.18 Å². The molecular formula is C5H7N3O2S. The van der Waals surface area contributed by atoms with Crippen LogP contribution in [-0.4, -0.2) is 41.1 Å². The first-order valence-corrected chi connectivity index (χ1v) is 3.37. The molecule has 0 aromatic carbocycles. The summed E-state index contributed by atoms with van der Waals surface area (Å²) in [5, 5.41) is 2.98. The largest absolute Gasteiger partial charge is 0.319 e. The van der Waals surface area contributed by atoms with Gasteiger partial charge in [-0.15, -0.1) is 4.91 Å². The highest BCUT2D eigenvalue weighted by Gasteiger charge is 2.39. The summed E-state index contributed by atoms with van der Waals surface area (Å²) in [6, 6.07) is 0. The van der Waals surface area contributed by atoms with Crippen LogP contribution in [0.2, 0.25) is 0 Å². The molecule has 1 amide bonds. The molecule has 6 heteroatoms. The maximum absolute atomic E-state index is 11.1. The minimum atomic E-state index is -0.965. The number of rotatable bonds is 1. The van der Waals surface area contributed by atoms with Gasteiger partial charge in [-0.2, -0.15) is 0 Å². The zero-order chi connectivity index (χ0) is 8.59. The summed E-state index contributed by atoms with van der Waals surface area (Å²) >= 11 is 4.82. The van der Waals surface area contributed by atoms with E-state index in [9.17, 15) is 9.70 Å². The average molecular weight is 173 g/mol. The Labute approximate surface area is 68.9 Å². The molecule has 0 aromatic rings. The van der Waals surface area contributed by atoms with E-state index < -0.39 is 6.17 Å². The molecule has 5 nitrogen and oxygen atoms in total. The second kappa shape index (κ2) is 2.54. The molecule has 1 aliphatic rings. The van der Waals surface area contributed by atoms with Crippen LogP contribution in [0.3, 0.4) is 0 Å². The van der Waals surface area contributed by atoms with E-state index in [0.29, 0.717) is 5.11 Å². The summed E-state index contributed by atoms with van der Waals surface area (Å²) in [5.41, 5.74) is 0. The van der Waals surface area contributed by atoms with Crippen LogP contribution < -0.4 is 0 Å². The van der Waals surface area contributed by atoms with Crippen LogP contribution in [-0.2, 0) is 4.79 Å². The predicted molar refractivity (Wildman–Crippen MR) is 42.7 cm³/mol. The third-order valence-corrected chi connectivity index (χ3v) is 2.17. The molecule has 1 saturated heterocycles. The Kier molecular flexibility index (Phi) is 1.86. The highest BCUT2D eigenvalue weighted by Crippen LogP contribution is 2.14. The topological polar surface area (TPSA) is 53.0 Å². The molecular weight excluding hydrogens is 166 g/mol. The van der Waals surface area contributed by atoms with Crippen LogP contribution in [0.15, 0.2) is 5.18 Å². The average Bonchev–Trinajstić information content (AvgIpc) is 2.17. The SMILES string of the molecule is CN1C(=O)C(N=O)N(C)C1=S. The van der Waals surface area contributed by atoms with Gasteiger partial charge in [-0.1, -0.05) is 0 Å². The number of carbonyl (C=O) groups excluding carboxylic acids is 1. The van der Waals surface area contributed by atoms with Gasteiger partial charge in [-0.25, -0.2) is 0 Å². The van der Waals surface area contributed by atoms with Crippen molar-refractivity contribution in [1.82, 2.24) is 9.80 Å². The van der Waals surface area contributed by atoms with Crippen LogP contribution in [0.25, 0.3) is 0 Å². The smallest absolute Gasteiger partial charge is 0.277 e. The number of amides is 1. The van der Waals surface area contributed by atoms with Crippen molar-refractivity contribution >= 4 is 23.2 Å². The molecule has 0 bridgehead atoms. The van der Waals surface area contributed by atoms with Crippen LogP contribution in [0, 0.1) is 4.91 Å². The second-order valence-electron chi connectivity index (χ2n) is 2.27. The van der Waals surface area contributed by atoms with Gasteiger partial charge >= 0.3 is 0 Å². The number of likely N-dealkylation sites (N-methyl/N-ethyl adjacent to an activating group) is 2. The normalized spacial score (nSPS) is 24.7.